The van der Waals surface area contributed by atoms with E-state index in [2.05, 4.69) is 25.6 Å². The standard InChI is InChI=1S/C13H13BrClN3O2S/c1-8-4-10(14)7-17-13(8)18-21(19,20)12-5-9(6-16)2-3-11(12)15/h2-5,7H,6,16H2,1H3,(H,17,18). The highest BCUT2D eigenvalue weighted by Crippen LogP contribution is 2.26. The number of aromatic nitrogens is 1. The maximum Gasteiger partial charge on any atom is 0.264 e. The van der Waals surface area contributed by atoms with Crippen LogP contribution in [-0.4, -0.2) is 13.4 Å². The van der Waals surface area contributed by atoms with Crippen molar-refractivity contribution in [1.29, 1.82) is 0 Å². The van der Waals surface area contributed by atoms with Gasteiger partial charge in [0.2, 0.25) is 0 Å². The summed E-state index contributed by atoms with van der Waals surface area (Å²) in [6.07, 6.45) is 1.52. The lowest BCUT2D eigenvalue weighted by molar-refractivity contribution is 0.601. The Morgan fingerprint density at radius 3 is 2.71 bits per heavy atom. The van der Waals surface area contributed by atoms with E-state index in [1.807, 2.05) is 0 Å². The summed E-state index contributed by atoms with van der Waals surface area (Å²) in [4.78, 5) is 4.04. The normalized spacial score (nSPS) is 11.4. The molecule has 0 atom stereocenters. The van der Waals surface area contributed by atoms with Crippen molar-refractivity contribution in [3.05, 3.63) is 51.1 Å². The van der Waals surface area contributed by atoms with Gasteiger partial charge in [0, 0.05) is 17.2 Å². The van der Waals surface area contributed by atoms with Crippen LogP contribution in [0.15, 0.2) is 39.8 Å². The van der Waals surface area contributed by atoms with E-state index in [0.717, 1.165) is 4.47 Å². The van der Waals surface area contributed by atoms with Crippen LogP contribution in [0.25, 0.3) is 0 Å². The summed E-state index contributed by atoms with van der Waals surface area (Å²) in [5, 5.41) is 0.134. The fraction of sp³-hybridized carbons (Fsp3) is 0.154. The topological polar surface area (TPSA) is 85.1 Å². The van der Waals surface area contributed by atoms with Gasteiger partial charge in [0.25, 0.3) is 10.0 Å². The van der Waals surface area contributed by atoms with Gasteiger partial charge in [-0.2, -0.15) is 0 Å². The maximum absolute atomic E-state index is 12.4. The lowest BCUT2D eigenvalue weighted by Crippen LogP contribution is -2.16. The van der Waals surface area contributed by atoms with E-state index in [1.165, 1.54) is 18.3 Å². The van der Waals surface area contributed by atoms with Crippen molar-refractivity contribution in [3.8, 4) is 0 Å². The summed E-state index contributed by atoms with van der Waals surface area (Å²) < 4.78 is 28.1. The molecule has 0 fully saturated rings. The number of pyridine rings is 1. The monoisotopic (exact) mass is 389 g/mol. The average Bonchev–Trinajstić information content (AvgIpc) is 2.42. The SMILES string of the molecule is Cc1cc(Br)cnc1NS(=O)(=O)c1cc(CN)ccc1Cl. The number of sulfonamides is 1. The van der Waals surface area contributed by atoms with Gasteiger partial charge in [-0.25, -0.2) is 13.4 Å². The number of rotatable bonds is 4. The number of hydrogen-bond acceptors (Lipinski definition) is 4. The van der Waals surface area contributed by atoms with Gasteiger partial charge in [-0.15, -0.1) is 0 Å². The molecule has 0 unspecified atom stereocenters. The number of halogens is 2. The van der Waals surface area contributed by atoms with E-state index in [-0.39, 0.29) is 22.3 Å². The molecule has 2 aromatic rings. The zero-order chi connectivity index (χ0) is 15.6. The number of benzene rings is 1. The first-order valence-corrected chi connectivity index (χ1v) is 8.62. The highest BCUT2D eigenvalue weighted by atomic mass is 79.9. The van der Waals surface area contributed by atoms with Crippen LogP contribution in [0.2, 0.25) is 5.02 Å². The summed E-state index contributed by atoms with van der Waals surface area (Å²) >= 11 is 9.26. The lowest BCUT2D eigenvalue weighted by Gasteiger charge is -2.12. The van der Waals surface area contributed by atoms with Gasteiger partial charge in [0.05, 0.1) is 5.02 Å². The molecule has 0 spiro atoms. The zero-order valence-electron chi connectivity index (χ0n) is 11.1. The molecule has 3 N–H and O–H groups in total. The minimum atomic E-state index is -3.83. The van der Waals surface area contributed by atoms with Crippen LogP contribution in [0.4, 0.5) is 5.82 Å². The van der Waals surface area contributed by atoms with Crippen LogP contribution in [0, 0.1) is 6.92 Å². The summed E-state index contributed by atoms with van der Waals surface area (Å²) in [6, 6.07) is 6.42. The Kier molecular flexibility index (Phi) is 4.88. The highest BCUT2D eigenvalue weighted by Gasteiger charge is 2.20. The molecule has 1 aromatic heterocycles. The van der Waals surface area contributed by atoms with Crippen LogP contribution in [0.5, 0.6) is 0 Å². The van der Waals surface area contributed by atoms with E-state index in [4.69, 9.17) is 17.3 Å². The molecular weight excluding hydrogens is 378 g/mol. The Labute approximate surface area is 136 Å². The van der Waals surface area contributed by atoms with Gasteiger partial charge >= 0.3 is 0 Å². The van der Waals surface area contributed by atoms with Crippen LogP contribution in [0.3, 0.4) is 0 Å². The molecule has 0 saturated heterocycles. The van der Waals surface area contributed by atoms with Crippen molar-refractivity contribution >= 4 is 43.4 Å². The summed E-state index contributed by atoms with van der Waals surface area (Å²) in [7, 11) is -3.83. The van der Waals surface area contributed by atoms with Crippen molar-refractivity contribution in [2.45, 2.75) is 18.4 Å². The Bertz CT molecular complexity index is 781. The van der Waals surface area contributed by atoms with Crippen molar-refractivity contribution < 1.29 is 8.42 Å². The van der Waals surface area contributed by atoms with E-state index >= 15 is 0 Å². The van der Waals surface area contributed by atoms with Gasteiger partial charge in [-0.3, -0.25) is 4.72 Å². The largest absolute Gasteiger partial charge is 0.326 e. The Balaban J connectivity index is 2.43. The third-order valence-electron chi connectivity index (χ3n) is 2.80. The molecule has 2 rings (SSSR count). The zero-order valence-corrected chi connectivity index (χ0v) is 14.3. The van der Waals surface area contributed by atoms with E-state index in [9.17, 15) is 8.42 Å². The lowest BCUT2D eigenvalue weighted by atomic mass is 10.2. The van der Waals surface area contributed by atoms with Gasteiger partial charge < -0.3 is 5.73 Å². The summed E-state index contributed by atoms with van der Waals surface area (Å²) in [6.45, 7) is 1.99. The molecule has 0 aliphatic heterocycles. The third kappa shape index (κ3) is 3.74. The van der Waals surface area contributed by atoms with E-state index < -0.39 is 10.0 Å². The third-order valence-corrected chi connectivity index (χ3v) is 5.05. The molecule has 8 heteroatoms. The van der Waals surface area contributed by atoms with E-state index in [0.29, 0.717) is 11.1 Å². The fourth-order valence-electron chi connectivity index (χ4n) is 1.71. The van der Waals surface area contributed by atoms with Crippen molar-refractivity contribution in [2.24, 2.45) is 5.73 Å². The summed E-state index contributed by atoms with van der Waals surface area (Å²) in [5.41, 5.74) is 6.90. The fourth-order valence-corrected chi connectivity index (χ4v) is 3.79. The van der Waals surface area contributed by atoms with Gasteiger partial charge in [-0.1, -0.05) is 17.7 Å². The van der Waals surface area contributed by atoms with Gasteiger partial charge in [0.15, 0.2) is 0 Å². The molecule has 0 bridgehead atoms. The quantitative estimate of drug-likeness (QED) is 0.840. The van der Waals surface area contributed by atoms with Gasteiger partial charge in [0.1, 0.15) is 10.7 Å². The molecule has 0 amide bonds. The Hall–Kier alpha value is -1.15. The molecule has 0 saturated carbocycles. The first-order chi connectivity index (χ1) is 9.83. The van der Waals surface area contributed by atoms with Gasteiger partial charge in [-0.05, 0) is 52.2 Å². The molecule has 112 valence electrons. The Morgan fingerprint density at radius 1 is 1.38 bits per heavy atom. The number of hydrogen-bond donors (Lipinski definition) is 2. The van der Waals surface area contributed by atoms with E-state index in [1.54, 1.807) is 19.1 Å². The number of nitrogens with two attached hydrogens (primary N) is 1. The van der Waals surface area contributed by atoms with Crippen LogP contribution in [-0.2, 0) is 16.6 Å². The molecule has 21 heavy (non-hydrogen) atoms. The molecule has 0 aliphatic carbocycles. The second-order valence-electron chi connectivity index (χ2n) is 4.39. The molecule has 0 aliphatic rings. The summed E-state index contributed by atoms with van der Waals surface area (Å²) in [5.74, 6) is 0.257. The van der Waals surface area contributed by atoms with Crippen molar-refractivity contribution in [1.82, 2.24) is 4.98 Å². The predicted octanol–water partition coefficient (Wildman–Crippen LogP) is 3.07. The second-order valence-corrected chi connectivity index (χ2v) is 7.37. The number of nitrogens with one attached hydrogen (secondary N) is 1. The minimum absolute atomic E-state index is 0.0174. The molecular formula is C13H13BrClN3O2S. The molecule has 1 aromatic carbocycles. The second kappa shape index (κ2) is 6.31. The van der Waals surface area contributed by atoms with Crippen LogP contribution in [0.1, 0.15) is 11.1 Å². The predicted molar refractivity (Wildman–Crippen MR) is 86.8 cm³/mol. The first kappa shape index (κ1) is 16.2. The van der Waals surface area contributed by atoms with Crippen molar-refractivity contribution in [3.63, 3.8) is 0 Å². The number of nitrogens with zero attached hydrogens (tertiary/aromatic N) is 1. The highest BCUT2D eigenvalue weighted by molar-refractivity contribution is 9.10. The Morgan fingerprint density at radius 2 is 2.10 bits per heavy atom. The molecule has 0 radical (unpaired) electrons. The smallest absolute Gasteiger partial charge is 0.264 e. The molecule has 5 nitrogen and oxygen atoms in total. The number of anilines is 1. The number of aryl methyl sites for hydroxylation is 1. The van der Waals surface area contributed by atoms with Crippen molar-refractivity contribution in [2.75, 3.05) is 4.72 Å². The first-order valence-electron chi connectivity index (χ1n) is 5.97. The average molecular weight is 391 g/mol. The maximum atomic E-state index is 12.4. The van der Waals surface area contributed by atoms with Crippen LogP contribution < -0.4 is 10.5 Å². The molecule has 1 heterocycles. The minimum Gasteiger partial charge on any atom is -0.326 e. The van der Waals surface area contributed by atoms with Crippen LogP contribution >= 0.6 is 27.5 Å².